The summed E-state index contributed by atoms with van der Waals surface area (Å²) in [5, 5.41) is 20.3. The van der Waals surface area contributed by atoms with Gasteiger partial charge in [0.05, 0.1) is 23.9 Å². The van der Waals surface area contributed by atoms with Crippen LogP contribution in [0.4, 0.5) is 11.5 Å². The fourth-order valence-electron chi connectivity index (χ4n) is 2.90. The van der Waals surface area contributed by atoms with E-state index < -0.39 is 0 Å². The van der Waals surface area contributed by atoms with Crippen LogP contribution in [-0.4, -0.2) is 37.8 Å². The molecule has 0 saturated carbocycles. The van der Waals surface area contributed by atoms with E-state index in [0.29, 0.717) is 35.4 Å². The molecule has 3 N–H and O–H groups in total. The molecule has 2 aromatic heterocycles. The van der Waals surface area contributed by atoms with Crippen molar-refractivity contribution in [2.24, 2.45) is 0 Å². The van der Waals surface area contributed by atoms with Gasteiger partial charge in [-0.25, -0.2) is 14.5 Å². The van der Waals surface area contributed by atoms with Crippen LogP contribution in [0.5, 0.6) is 0 Å². The van der Waals surface area contributed by atoms with E-state index in [1.807, 2.05) is 48.5 Å². The summed E-state index contributed by atoms with van der Waals surface area (Å²) in [6, 6.07) is 15.8. The molecule has 7 nitrogen and oxygen atoms in total. The van der Waals surface area contributed by atoms with Crippen LogP contribution in [0, 0.1) is 0 Å². The Morgan fingerprint density at radius 3 is 2.75 bits per heavy atom. The first kappa shape index (κ1) is 18.4. The summed E-state index contributed by atoms with van der Waals surface area (Å²) in [6.07, 6.45) is 3.40. The van der Waals surface area contributed by atoms with E-state index in [1.54, 1.807) is 16.9 Å². The average molecular weight is 395 g/mol. The summed E-state index contributed by atoms with van der Waals surface area (Å²) in [7, 11) is 0. The first-order valence-corrected chi connectivity index (χ1v) is 9.27. The zero-order chi connectivity index (χ0) is 19.3. The van der Waals surface area contributed by atoms with Crippen LogP contribution in [0.1, 0.15) is 5.82 Å². The van der Waals surface area contributed by atoms with Crippen LogP contribution < -0.4 is 10.6 Å². The van der Waals surface area contributed by atoms with Crippen molar-refractivity contribution >= 4 is 28.8 Å². The lowest BCUT2D eigenvalue weighted by molar-refractivity contribution is 0.291. The minimum absolute atomic E-state index is 0.0674. The summed E-state index contributed by atoms with van der Waals surface area (Å²) >= 11 is 6.67. The van der Waals surface area contributed by atoms with Crippen LogP contribution in [0.3, 0.4) is 0 Å². The Kier molecular flexibility index (Phi) is 5.48. The second-order valence-electron chi connectivity index (χ2n) is 6.13. The summed E-state index contributed by atoms with van der Waals surface area (Å²) in [5.41, 5.74) is 3.33. The van der Waals surface area contributed by atoms with Crippen molar-refractivity contribution < 1.29 is 5.11 Å². The number of nitrogens with zero attached hydrogens (tertiary/aromatic N) is 4. The van der Waals surface area contributed by atoms with Crippen LogP contribution in [0.25, 0.3) is 16.8 Å². The van der Waals surface area contributed by atoms with Crippen molar-refractivity contribution in [1.29, 1.82) is 0 Å². The summed E-state index contributed by atoms with van der Waals surface area (Å²) in [5.74, 6) is 1.18. The van der Waals surface area contributed by atoms with E-state index in [9.17, 15) is 0 Å². The molecule has 2 aromatic carbocycles. The number of hydrogen-bond acceptors (Lipinski definition) is 6. The fraction of sp³-hybridized carbons (Fsp3) is 0.150. The van der Waals surface area contributed by atoms with E-state index in [4.69, 9.17) is 16.7 Å². The Morgan fingerprint density at radius 2 is 1.93 bits per heavy atom. The third-order valence-corrected chi connectivity index (χ3v) is 4.61. The van der Waals surface area contributed by atoms with E-state index in [-0.39, 0.29) is 6.61 Å². The van der Waals surface area contributed by atoms with E-state index in [0.717, 1.165) is 16.8 Å². The minimum atomic E-state index is 0.0674. The molecular formula is C20H19ClN6O. The topological polar surface area (TPSA) is 87.4 Å². The molecule has 2 heterocycles. The van der Waals surface area contributed by atoms with Gasteiger partial charge >= 0.3 is 0 Å². The number of aromatic nitrogens is 4. The third kappa shape index (κ3) is 3.82. The molecule has 0 spiro atoms. The van der Waals surface area contributed by atoms with Crippen molar-refractivity contribution in [1.82, 2.24) is 24.9 Å². The van der Waals surface area contributed by atoms with Gasteiger partial charge < -0.3 is 15.7 Å². The Hall–Kier alpha value is -3.00. The molecule has 0 radical (unpaired) electrons. The van der Waals surface area contributed by atoms with Gasteiger partial charge in [-0.1, -0.05) is 54.1 Å². The molecule has 0 amide bonds. The second-order valence-corrected chi connectivity index (χ2v) is 6.51. The lowest BCUT2D eigenvalue weighted by Crippen LogP contribution is -2.18. The van der Waals surface area contributed by atoms with Crippen molar-refractivity contribution in [3.8, 4) is 11.1 Å². The molecule has 0 unspecified atom stereocenters. The lowest BCUT2D eigenvalue weighted by Gasteiger charge is -2.11. The van der Waals surface area contributed by atoms with E-state index in [1.165, 1.54) is 0 Å². The maximum absolute atomic E-state index is 8.88. The van der Waals surface area contributed by atoms with Gasteiger partial charge in [-0.2, -0.15) is 0 Å². The Balaban J connectivity index is 1.65. The lowest BCUT2D eigenvalue weighted by atomic mass is 10.1. The van der Waals surface area contributed by atoms with E-state index in [2.05, 4.69) is 25.7 Å². The number of halogens is 1. The highest BCUT2D eigenvalue weighted by atomic mass is 35.5. The van der Waals surface area contributed by atoms with Gasteiger partial charge in [-0.15, -0.1) is 5.10 Å². The largest absolute Gasteiger partial charge is 0.395 e. The van der Waals surface area contributed by atoms with Crippen LogP contribution >= 0.6 is 11.6 Å². The molecule has 0 aliphatic rings. The summed E-state index contributed by atoms with van der Waals surface area (Å²) < 4.78 is 1.67. The molecule has 8 heteroatoms. The van der Waals surface area contributed by atoms with Crippen LogP contribution in [0.2, 0.25) is 5.02 Å². The van der Waals surface area contributed by atoms with Gasteiger partial charge in [-0.05, 0) is 11.6 Å². The van der Waals surface area contributed by atoms with Gasteiger partial charge in [0, 0.05) is 24.5 Å². The van der Waals surface area contributed by atoms with E-state index >= 15 is 0 Å². The standard InChI is InChI=1S/C20H19ClN6O/c21-18-15(14-5-2-1-3-6-14)7-4-8-16(18)24-19-20-25-17(13-22-10-12-28)26-27(20)11-9-23-19/h1-9,11,22,28H,10,12-13H2,(H,23,24). The SMILES string of the molecule is OCCNCc1nc2c(Nc3cccc(-c4ccccc4)c3Cl)nccn2n1. The molecule has 0 saturated heterocycles. The molecule has 0 bridgehead atoms. The quantitative estimate of drug-likeness (QED) is 0.417. The maximum atomic E-state index is 8.88. The summed E-state index contributed by atoms with van der Waals surface area (Å²) in [6.45, 7) is 1.02. The fourth-order valence-corrected chi connectivity index (χ4v) is 3.18. The monoisotopic (exact) mass is 394 g/mol. The molecule has 0 aliphatic heterocycles. The van der Waals surface area contributed by atoms with Crippen molar-refractivity contribution in [3.63, 3.8) is 0 Å². The van der Waals surface area contributed by atoms with Crippen LogP contribution in [0.15, 0.2) is 60.9 Å². The van der Waals surface area contributed by atoms with Gasteiger partial charge in [0.15, 0.2) is 17.3 Å². The molecule has 4 aromatic rings. The normalized spacial score (nSPS) is 11.1. The van der Waals surface area contributed by atoms with Gasteiger partial charge in [0.1, 0.15) is 0 Å². The average Bonchev–Trinajstić information content (AvgIpc) is 3.14. The number of aliphatic hydroxyl groups excluding tert-OH is 1. The Morgan fingerprint density at radius 1 is 1.07 bits per heavy atom. The predicted octanol–water partition coefficient (Wildman–Crippen LogP) is 3.27. The molecular weight excluding hydrogens is 376 g/mol. The predicted molar refractivity (Wildman–Crippen MR) is 110 cm³/mol. The Labute approximate surface area is 167 Å². The molecule has 142 valence electrons. The number of rotatable bonds is 7. The number of anilines is 2. The number of benzene rings is 2. The Bertz CT molecular complexity index is 1080. The molecule has 0 aliphatic carbocycles. The van der Waals surface area contributed by atoms with Gasteiger partial charge in [-0.3, -0.25) is 0 Å². The zero-order valence-corrected chi connectivity index (χ0v) is 15.8. The number of nitrogens with one attached hydrogen (secondary N) is 2. The zero-order valence-electron chi connectivity index (χ0n) is 15.0. The maximum Gasteiger partial charge on any atom is 0.198 e. The highest BCUT2D eigenvalue weighted by molar-refractivity contribution is 6.36. The number of hydrogen-bond donors (Lipinski definition) is 3. The molecule has 28 heavy (non-hydrogen) atoms. The van der Waals surface area contributed by atoms with Gasteiger partial charge in [0.25, 0.3) is 0 Å². The highest BCUT2D eigenvalue weighted by Crippen LogP contribution is 2.35. The highest BCUT2D eigenvalue weighted by Gasteiger charge is 2.13. The molecule has 0 atom stereocenters. The second kappa shape index (κ2) is 8.35. The first-order chi connectivity index (χ1) is 13.8. The van der Waals surface area contributed by atoms with Crippen molar-refractivity contribution in [2.45, 2.75) is 6.54 Å². The third-order valence-electron chi connectivity index (χ3n) is 4.21. The number of aliphatic hydroxyl groups is 1. The molecule has 4 rings (SSSR count). The minimum Gasteiger partial charge on any atom is -0.395 e. The van der Waals surface area contributed by atoms with Crippen molar-refractivity contribution in [3.05, 3.63) is 71.8 Å². The number of fused-ring (bicyclic) bond motifs is 1. The van der Waals surface area contributed by atoms with Gasteiger partial charge in [0.2, 0.25) is 0 Å². The first-order valence-electron chi connectivity index (χ1n) is 8.89. The van der Waals surface area contributed by atoms with Crippen LogP contribution in [-0.2, 0) is 6.54 Å². The smallest absolute Gasteiger partial charge is 0.198 e. The molecule has 0 fully saturated rings. The van der Waals surface area contributed by atoms with Crippen molar-refractivity contribution in [2.75, 3.05) is 18.5 Å². The summed E-state index contributed by atoms with van der Waals surface area (Å²) in [4.78, 5) is 8.93.